The van der Waals surface area contributed by atoms with Crippen molar-refractivity contribution in [2.75, 3.05) is 24.3 Å². The van der Waals surface area contributed by atoms with Gasteiger partial charge in [-0.15, -0.1) is 0 Å². The molecule has 0 spiro atoms. The van der Waals surface area contributed by atoms with Crippen LogP contribution < -0.4 is 15.4 Å². The van der Waals surface area contributed by atoms with Crippen molar-refractivity contribution in [2.24, 2.45) is 0 Å². The van der Waals surface area contributed by atoms with Gasteiger partial charge in [0.25, 0.3) is 5.69 Å². The van der Waals surface area contributed by atoms with Crippen LogP contribution in [0.1, 0.15) is 5.56 Å². The lowest BCUT2D eigenvalue weighted by Crippen LogP contribution is -2.22. The average Bonchev–Trinajstić information content (AvgIpc) is 2.56. The van der Waals surface area contributed by atoms with Gasteiger partial charge in [-0.2, -0.15) is 0 Å². The molecule has 0 heterocycles. The number of hydrogen-bond donors (Lipinski definition) is 2. The molecule has 2 aromatic carbocycles. The Bertz CT molecular complexity index is 780. The van der Waals surface area contributed by atoms with E-state index >= 15 is 0 Å². The first-order valence-electron chi connectivity index (χ1n) is 7.03. The summed E-state index contributed by atoms with van der Waals surface area (Å²) in [6.45, 7) is 1.78. The molecule has 2 aromatic rings. The fourth-order valence-corrected chi connectivity index (χ4v) is 2.18. The van der Waals surface area contributed by atoms with Gasteiger partial charge in [0.05, 0.1) is 24.3 Å². The second-order valence-electron chi connectivity index (χ2n) is 5.01. The van der Waals surface area contributed by atoms with E-state index in [1.54, 1.807) is 18.2 Å². The summed E-state index contributed by atoms with van der Waals surface area (Å²) in [7, 11) is 1.45. The number of nitro benzene ring substituents is 1. The lowest BCUT2D eigenvalue weighted by molar-refractivity contribution is -0.384. The number of anilines is 2. The minimum atomic E-state index is -0.515. The molecule has 0 saturated carbocycles. The molecule has 7 nitrogen and oxygen atoms in total. The van der Waals surface area contributed by atoms with Crippen molar-refractivity contribution < 1.29 is 14.5 Å². The van der Waals surface area contributed by atoms with E-state index in [0.29, 0.717) is 22.1 Å². The number of hydrogen-bond acceptors (Lipinski definition) is 5. The summed E-state index contributed by atoms with van der Waals surface area (Å²) in [5.41, 5.74) is 1.75. The van der Waals surface area contributed by atoms with E-state index in [2.05, 4.69) is 10.6 Å². The number of ether oxygens (including phenoxy) is 1. The predicted molar refractivity (Wildman–Crippen MR) is 93.0 cm³/mol. The van der Waals surface area contributed by atoms with Crippen molar-refractivity contribution in [3.8, 4) is 5.75 Å². The van der Waals surface area contributed by atoms with E-state index in [0.717, 1.165) is 5.56 Å². The molecule has 0 aliphatic heterocycles. The van der Waals surface area contributed by atoms with Gasteiger partial charge in [0, 0.05) is 22.8 Å². The van der Waals surface area contributed by atoms with Crippen LogP contribution in [0.5, 0.6) is 5.75 Å². The van der Waals surface area contributed by atoms with Crippen LogP contribution in [0, 0.1) is 17.0 Å². The van der Waals surface area contributed by atoms with E-state index < -0.39 is 4.92 Å². The Morgan fingerprint density at radius 2 is 2.04 bits per heavy atom. The van der Waals surface area contributed by atoms with E-state index in [4.69, 9.17) is 16.3 Å². The quantitative estimate of drug-likeness (QED) is 0.613. The van der Waals surface area contributed by atoms with Crippen LogP contribution in [-0.4, -0.2) is 24.5 Å². The third-order valence-corrected chi connectivity index (χ3v) is 3.70. The van der Waals surface area contributed by atoms with Gasteiger partial charge in [0.15, 0.2) is 0 Å². The molecule has 0 aliphatic rings. The van der Waals surface area contributed by atoms with Gasteiger partial charge in [-0.05, 0) is 30.7 Å². The highest BCUT2D eigenvalue weighted by Gasteiger charge is 2.12. The summed E-state index contributed by atoms with van der Waals surface area (Å²) in [5, 5.41) is 16.9. The molecule has 8 heteroatoms. The minimum absolute atomic E-state index is 0.0803. The maximum absolute atomic E-state index is 12.0. The van der Waals surface area contributed by atoms with Crippen molar-refractivity contribution in [3.63, 3.8) is 0 Å². The van der Waals surface area contributed by atoms with Gasteiger partial charge >= 0.3 is 0 Å². The van der Waals surface area contributed by atoms with E-state index in [9.17, 15) is 14.9 Å². The van der Waals surface area contributed by atoms with E-state index in [1.165, 1.54) is 25.3 Å². The number of carbonyl (C=O) groups excluding carboxylic acids is 1. The maximum Gasteiger partial charge on any atom is 0.271 e. The van der Waals surface area contributed by atoms with E-state index in [1.807, 2.05) is 6.92 Å². The number of amides is 1. The van der Waals surface area contributed by atoms with Crippen LogP contribution >= 0.6 is 11.6 Å². The molecular formula is C16H16ClN3O4. The Labute approximate surface area is 143 Å². The van der Waals surface area contributed by atoms with Crippen LogP contribution in [0.3, 0.4) is 0 Å². The van der Waals surface area contributed by atoms with Crippen LogP contribution in [0.15, 0.2) is 36.4 Å². The summed E-state index contributed by atoms with van der Waals surface area (Å²) in [6.07, 6.45) is 0. The molecular weight excluding hydrogens is 334 g/mol. The lowest BCUT2D eigenvalue weighted by Gasteiger charge is -2.11. The van der Waals surface area contributed by atoms with Crippen LogP contribution in [-0.2, 0) is 4.79 Å². The predicted octanol–water partition coefficient (Wildman–Crippen LogP) is 3.62. The molecule has 0 bridgehead atoms. The highest BCUT2D eigenvalue weighted by Crippen LogP contribution is 2.28. The van der Waals surface area contributed by atoms with Crippen LogP contribution in [0.4, 0.5) is 17.1 Å². The highest BCUT2D eigenvalue weighted by atomic mass is 35.5. The molecule has 0 fully saturated rings. The molecule has 2 N–H and O–H groups in total. The first kappa shape index (κ1) is 17.6. The number of nitrogens with zero attached hydrogens (tertiary/aromatic N) is 1. The second-order valence-corrected chi connectivity index (χ2v) is 5.41. The number of non-ortho nitro benzene ring substituents is 1. The molecule has 0 atom stereocenters. The van der Waals surface area contributed by atoms with E-state index in [-0.39, 0.29) is 18.1 Å². The average molecular weight is 350 g/mol. The van der Waals surface area contributed by atoms with Crippen LogP contribution in [0.25, 0.3) is 0 Å². The highest BCUT2D eigenvalue weighted by molar-refractivity contribution is 6.31. The molecule has 24 heavy (non-hydrogen) atoms. The Balaban J connectivity index is 2.04. The van der Waals surface area contributed by atoms with Crippen molar-refractivity contribution >= 4 is 34.6 Å². The van der Waals surface area contributed by atoms with Crippen molar-refractivity contribution in [1.82, 2.24) is 0 Å². The maximum atomic E-state index is 12.0. The SMILES string of the molecule is COc1ccc([N+](=O)[O-])cc1NCC(=O)Nc1ccc(C)c(Cl)c1. The van der Waals surface area contributed by atoms with Gasteiger partial charge < -0.3 is 15.4 Å². The molecule has 1 amide bonds. The number of rotatable bonds is 6. The summed E-state index contributed by atoms with van der Waals surface area (Å²) in [4.78, 5) is 22.3. The third kappa shape index (κ3) is 4.36. The molecule has 126 valence electrons. The van der Waals surface area contributed by atoms with Gasteiger partial charge in [-0.1, -0.05) is 17.7 Å². The summed E-state index contributed by atoms with van der Waals surface area (Å²) in [5.74, 6) is 0.0928. The zero-order chi connectivity index (χ0) is 17.7. The fourth-order valence-electron chi connectivity index (χ4n) is 2.00. The number of aryl methyl sites for hydroxylation is 1. The first-order chi connectivity index (χ1) is 11.4. The number of halogens is 1. The normalized spacial score (nSPS) is 10.1. The molecule has 0 aromatic heterocycles. The zero-order valence-corrected chi connectivity index (χ0v) is 13.9. The Hall–Kier alpha value is -2.80. The molecule has 2 rings (SSSR count). The minimum Gasteiger partial charge on any atom is -0.495 e. The van der Waals surface area contributed by atoms with Gasteiger partial charge in [0.1, 0.15) is 5.75 Å². The molecule has 0 saturated heterocycles. The molecule has 0 aliphatic carbocycles. The third-order valence-electron chi connectivity index (χ3n) is 3.29. The van der Waals surface area contributed by atoms with Gasteiger partial charge in [-0.3, -0.25) is 14.9 Å². The number of methoxy groups -OCH3 is 1. The second kappa shape index (κ2) is 7.65. The number of benzene rings is 2. The Morgan fingerprint density at radius 1 is 1.29 bits per heavy atom. The summed E-state index contributed by atoms with van der Waals surface area (Å²) < 4.78 is 5.13. The molecule has 0 radical (unpaired) electrons. The number of carbonyl (C=O) groups is 1. The smallest absolute Gasteiger partial charge is 0.271 e. The number of nitrogens with one attached hydrogen (secondary N) is 2. The monoisotopic (exact) mass is 349 g/mol. The van der Waals surface area contributed by atoms with Crippen molar-refractivity contribution in [2.45, 2.75) is 6.92 Å². The zero-order valence-electron chi connectivity index (χ0n) is 13.1. The topological polar surface area (TPSA) is 93.5 Å². The van der Waals surface area contributed by atoms with Gasteiger partial charge in [-0.25, -0.2) is 0 Å². The van der Waals surface area contributed by atoms with Crippen molar-refractivity contribution in [1.29, 1.82) is 0 Å². The number of nitro groups is 1. The molecule has 0 unspecified atom stereocenters. The summed E-state index contributed by atoms with van der Waals surface area (Å²) in [6, 6.07) is 9.32. The standard InChI is InChI=1S/C16H16ClN3O4/c1-10-3-4-11(7-13(10)17)19-16(21)9-18-14-8-12(20(22)23)5-6-15(14)24-2/h3-8,18H,9H2,1-2H3,(H,19,21). The van der Waals surface area contributed by atoms with Crippen molar-refractivity contribution in [3.05, 3.63) is 57.1 Å². The summed E-state index contributed by atoms with van der Waals surface area (Å²) >= 11 is 6.01. The first-order valence-corrected chi connectivity index (χ1v) is 7.41. The van der Waals surface area contributed by atoms with Crippen LogP contribution in [0.2, 0.25) is 5.02 Å². The Kier molecular flexibility index (Phi) is 5.59. The lowest BCUT2D eigenvalue weighted by atomic mass is 10.2. The van der Waals surface area contributed by atoms with Gasteiger partial charge in [0.2, 0.25) is 5.91 Å². The fraction of sp³-hybridized carbons (Fsp3) is 0.188. The Morgan fingerprint density at radius 3 is 2.67 bits per heavy atom. The largest absolute Gasteiger partial charge is 0.495 e.